The predicted octanol–water partition coefficient (Wildman–Crippen LogP) is 5.19. The SMILES string of the molecule is CCOC(=O)C(C(=O)OCC)C1C(=O)CCc2cc(OCc3ccccc3)cc(OCc3ccccc3)c21. The van der Waals surface area contributed by atoms with Crippen LogP contribution in [0.25, 0.3) is 0 Å². The molecule has 0 bridgehead atoms. The van der Waals surface area contributed by atoms with Crippen LogP contribution in [0.4, 0.5) is 0 Å². The van der Waals surface area contributed by atoms with Crippen LogP contribution in [-0.4, -0.2) is 30.9 Å². The quantitative estimate of drug-likeness (QED) is 0.256. The van der Waals surface area contributed by atoms with Crippen molar-refractivity contribution in [2.75, 3.05) is 13.2 Å². The number of fused-ring (bicyclic) bond motifs is 1. The van der Waals surface area contributed by atoms with E-state index in [1.165, 1.54) is 0 Å². The van der Waals surface area contributed by atoms with Crippen molar-refractivity contribution in [1.82, 2.24) is 0 Å². The van der Waals surface area contributed by atoms with Gasteiger partial charge in [-0.25, -0.2) is 0 Å². The second-order valence-electron chi connectivity index (χ2n) is 8.97. The Balaban J connectivity index is 1.75. The first-order chi connectivity index (χ1) is 18.5. The minimum absolute atomic E-state index is 0.0755. The molecule has 0 saturated carbocycles. The summed E-state index contributed by atoms with van der Waals surface area (Å²) in [6.45, 7) is 4.05. The molecule has 1 unspecified atom stereocenters. The highest BCUT2D eigenvalue weighted by Crippen LogP contribution is 2.44. The Kier molecular flexibility index (Phi) is 9.14. The standard InChI is InChI=1S/C31H32O7/c1-3-35-30(33)29(31(34)36-4-2)28-25(32)16-15-23-17-24(37-19-21-11-7-5-8-12-21)18-26(27(23)28)38-20-22-13-9-6-10-14-22/h5-14,17-18,28-29H,3-4,15-16,19-20H2,1-2H3. The molecule has 3 aromatic rings. The highest BCUT2D eigenvalue weighted by Gasteiger charge is 2.46. The van der Waals surface area contributed by atoms with E-state index in [4.69, 9.17) is 18.9 Å². The molecular formula is C31H32O7. The van der Waals surface area contributed by atoms with Crippen LogP contribution in [0.1, 0.15) is 48.4 Å². The average Bonchev–Trinajstić information content (AvgIpc) is 2.93. The normalized spacial score (nSPS) is 14.5. The van der Waals surface area contributed by atoms with E-state index in [1.54, 1.807) is 19.9 Å². The van der Waals surface area contributed by atoms with Crippen LogP contribution in [-0.2, 0) is 43.5 Å². The molecule has 1 aliphatic rings. The zero-order valence-corrected chi connectivity index (χ0v) is 21.7. The molecule has 7 heteroatoms. The summed E-state index contributed by atoms with van der Waals surface area (Å²) in [7, 11) is 0. The zero-order valence-electron chi connectivity index (χ0n) is 21.7. The van der Waals surface area contributed by atoms with E-state index in [1.807, 2.05) is 66.7 Å². The van der Waals surface area contributed by atoms with E-state index >= 15 is 0 Å². The van der Waals surface area contributed by atoms with Gasteiger partial charge >= 0.3 is 11.9 Å². The van der Waals surface area contributed by atoms with Gasteiger partial charge in [-0.15, -0.1) is 0 Å². The topological polar surface area (TPSA) is 88.1 Å². The Hall–Kier alpha value is -4.13. The lowest BCUT2D eigenvalue weighted by atomic mass is 9.74. The van der Waals surface area contributed by atoms with Gasteiger partial charge in [-0.2, -0.15) is 0 Å². The third-order valence-corrected chi connectivity index (χ3v) is 6.40. The molecule has 0 aliphatic heterocycles. The zero-order chi connectivity index (χ0) is 26.9. The van der Waals surface area contributed by atoms with Gasteiger partial charge in [0.25, 0.3) is 0 Å². The molecule has 198 valence electrons. The largest absolute Gasteiger partial charge is 0.489 e. The Morgan fingerprint density at radius 1 is 0.789 bits per heavy atom. The first-order valence-electron chi connectivity index (χ1n) is 12.9. The first kappa shape index (κ1) is 26.9. The number of hydrogen-bond acceptors (Lipinski definition) is 7. The third kappa shape index (κ3) is 6.40. The van der Waals surface area contributed by atoms with Crippen LogP contribution < -0.4 is 9.47 Å². The van der Waals surface area contributed by atoms with E-state index < -0.39 is 23.8 Å². The molecule has 4 rings (SSSR count). The van der Waals surface area contributed by atoms with E-state index in [0.717, 1.165) is 16.7 Å². The van der Waals surface area contributed by atoms with Gasteiger partial charge in [0, 0.05) is 18.1 Å². The molecule has 0 spiro atoms. The molecule has 0 N–H and O–H groups in total. The number of rotatable bonds is 11. The van der Waals surface area contributed by atoms with Crippen LogP contribution in [0.2, 0.25) is 0 Å². The molecule has 0 fully saturated rings. The molecule has 0 aromatic heterocycles. The number of carbonyl (C=O) groups excluding carboxylic acids is 3. The highest BCUT2D eigenvalue weighted by molar-refractivity contribution is 6.04. The molecule has 0 amide bonds. The van der Waals surface area contributed by atoms with Crippen molar-refractivity contribution in [1.29, 1.82) is 0 Å². The van der Waals surface area contributed by atoms with Crippen LogP contribution in [0.3, 0.4) is 0 Å². The monoisotopic (exact) mass is 516 g/mol. The number of Topliss-reactive ketones (excluding diaryl/α,β-unsaturated/α-hetero) is 1. The molecular weight excluding hydrogens is 484 g/mol. The number of carbonyl (C=O) groups is 3. The third-order valence-electron chi connectivity index (χ3n) is 6.40. The number of aryl methyl sites for hydroxylation is 1. The summed E-state index contributed by atoms with van der Waals surface area (Å²) in [5, 5.41) is 0. The van der Waals surface area contributed by atoms with Gasteiger partial charge in [-0.1, -0.05) is 60.7 Å². The summed E-state index contributed by atoms with van der Waals surface area (Å²) < 4.78 is 22.8. The van der Waals surface area contributed by atoms with E-state index in [-0.39, 0.29) is 32.0 Å². The number of benzene rings is 3. The summed E-state index contributed by atoms with van der Waals surface area (Å²) in [5.41, 5.74) is 3.25. The van der Waals surface area contributed by atoms with Gasteiger partial charge in [0.2, 0.25) is 0 Å². The van der Waals surface area contributed by atoms with Gasteiger partial charge < -0.3 is 18.9 Å². The Bertz CT molecular complexity index is 1240. The van der Waals surface area contributed by atoms with Crippen LogP contribution in [0.5, 0.6) is 11.5 Å². The molecule has 38 heavy (non-hydrogen) atoms. The fourth-order valence-corrected chi connectivity index (χ4v) is 4.65. The predicted molar refractivity (Wildman–Crippen MR) is 141 cm³/mol. The van der Waals surface area contributed by atoms with E-state index in [2.05, 4.69) is 0 Å². The number of esters is 2. The van der Waals surface area contributed by atoms with Gasteiger partial charge in [0.15, 0.2) is 5.92 Å². The molecule has 1 aliphatic carbocycles. The fraction of sp³-hybridized carbons (Fsp3) is 0.323. The van der Waals surface area contributed by atoms with E-state index in [0.29, 0.717) is 30.1 Å². The molecule has 0 saturated heterocycles. The van der Waals surface area contributed by atoms with Crippen LogP contribution in [0.15, 0.2) is 72.8 Å². The van der Waals surface area contributed by atoms with Crippen molar-refractivity contribution in [3.63, 3.8) is 0 Å². The summed E-state index contributed by atoms with van der Waals surface area (Å²) in [4.78, 5) is 39.3. The second-order valence-corrected chi connectivity index (χ2v) is 8.97. The smallest absolute Gasteiger partial charge is 0.321 e. The number of hydrogen-bond donors (Lipinski definition) is 0. The van der Waals surface area contributed by atoms with Crippen molar-refractivity contribution in [3.8, 4) is 11.5 Å². The van der Waals surface area contributed by atoms with Crippen molar-refractivity contribution < 1.29 is 33.3 Å². The fourth-order valence-electron chi connectivity index (χ4n) is 4.65. The maximum atomic E-state index is 13.3. The molecule has 3 aromatic carbocycles. The molecule has 0 radical (unpaired) electrons. The lowest BCUT2D eigenvalue weighted by molar-refractivity contribution is -0.164. The van der Waals surface area contributed by atoms with Gasteiger partial charge in [0.05, 0.1) is 19.1 Å². The Labute approximate surface area is 222 Å². The summed E-state index contributed by atoms with van der Waals surface area (Å²) >= 11 is 0. The minimum Gasteiger partial charge on any atom is -0.489 e. The maximum Gasteiger partial charge on any atom is 0.321 e. The minimum atomic E-state index is -1.42. The Morgan fingerprint density at radius 3 is 1.89 bits per heavy atom. The Morgan fingerprint density at radius 2 is 1.34 bits per heavy atom. The first-order valence-corrected chi connectivity index (χ1v) is 12.9. The van der Waals surface area contributed by atoms with Crippen molar-refractivity contribution >= 4 is 17.7 Å². The lowest BCUT2D eigenvalue weighted by Gasteiger charge is -2.31. The summed E-state index contributed by atoms with van der Waals surface area (Å²) in [5.74, 6) is -3.32. The number of ketones is 1. The second kappa shape index (κ2) is 12.9. The van der Waals surface area contributed by atoms with Crippen LogP contribution >= 0.6 is 0 Å². The average molecular weight is 517 g/mol. The molecule has 7 nitrogen and oxygen atoms in total. The van der Waals surface area contributed by atoms with Crippen molar-refractivity contribution in [2.24, 2.45) is 5.92 Å². The van der Waals surface area contributed by atoms with Crippen molar-refractivity contribution in [3.05, 3.63) is 95.1 Å². The highest BCUT2D eigenvalue weighted by atomic mass is 16.6. The number of ether oxygens (including phenoxy) is 4. The van der Waals surface area contributed by atoms with Gasteiger partial charge in [-0.05, 0) is 43.0 Å². The van der Waals surface area contributed by atoms with E-state index in [9.17, 15) is 14.4 Å². The molecule has 1 atom stereocenters. The summed E-state index contributed by atoms with van der Waals surface area (Å²) in [6, 6.07) is 23.0. The van der Waals surface area contributed by atoms with Crippen LogP contribution in [0, 0.1) is 5.92 Å². The summed E-state index contributed by atoms with van der Waals surface area (Å²) in [6.07, 6.45) is 0.612. The lowest BCUT2D eigenvalue weighted by Crippen LogP contribution is -2.39. The van der Waals surface area contributed by atoms with Gasteiger partial charge in [-0.3, -0.25) is 14.4 Å². The molecule has 0 heterocycles. The van der Waals surface area contributed by atoms with Crippen molar-refractivity contribution in [2.45, 2.75) is 45.8 Å². The maximum absolute atomic E-state index is 13.3. The van der Waals surface area contributed by atoms with Gasteiger partial charge in [0.1, 0.15) is 30.5 Å².